The number of aromatic hydroxyl groups is 1. The molecule has 2 N–H and O–H groups in total. The zero-order valence-corrected chi connectivity index (χ0v) is 9.07. The first kappa shape index (κ1) is 12.0. The molecule has 16 heavy (non-hydrogen) atoms. The number of Topliss-reactive ketones (excluding diaryl/α,β-unsaturated/α-hetero) is 1. The Labute approximate surface area is 93.3 Å². The summed E-state index contributed by atoms with van der Waals surface area (Å²) in [6, 6.07) is 4.56. The van der Waals surface area contributed by atoms with Crippen molar-refractivity contribution < 1.29 is 14.6 Å². The summed E-state index contributed by atoms with van der Waals surface area (Å²) in [7, 11) is 3.00. The normalized spacial score (nSPS) is 9.56. The molecule has 0 bridgehead atoms. The van der Waals surface area contributed by atoms with E-state index in [4.69, 9.17) is 10.00 Å². The summed E-state index contributed by atoms with van der Waals surface area (Å²) in [6.45, 7) is 0.149. The van der Waals surface area contributed by atoms with Gasteiger partial charge in [0.2, 0.25) is 0 Å². The highest BCUT2D eigenvalue weighted by Crippen LogP contribution is 2.31. The fourth-order valence-electron chi connectivity index (χ4n) is 1.33. The lowest BCUT2D eigenvalue weighted by molar-refractivity contribution is 0.0993. The van der Waals surface area contributed by atoms with Crippen LogP contribution in [0.3, 0.4) is 0 Å². The first-order valence-electron chi connectivity index (χ1n) is 4.63. The van der Waals surface area contributed by atoms with Crippen LogP contribution in [0.15, 0.2) is 12.1 Å². The van der Waals surface area contributed by atoms with E-state index in [0.717, 1.165) is 0 Å². The molecule has 0 amide bonds. The van der Waals surface area contributed by atoms with E-state index in [0.29, 0.717) is 0 Å². The van der Waals surface area contributed by atoms with Crippen molar-refractivity contribution in [2.24, 2.45) is 0 Å². The molecule has 0 radical (unpaired) electrons. The largest absolute Gasteiger partial charge is 0.504 e. The van der Waals surface area contributed by atoms with Gasteiger partial charge in [0.1, 0.15) is 6.07 Å². The fourth-order valence-corrected chi connectivity index (χ4v) is 1.33. The summed E-state index contributed by atoms with van der Waals surface area (Å²) in [5, 5.41) is 21.1. The van der Waals surface area contributed by atoms with Gasteiger partial charge in [0.05, 0.1) is 19.2 Å². The number of nitrogens with zero attached hydrogens (tertiary/aromatic N) is 1. The minimum Gasteiger partial charge on any atom is -0.504 e. The third kappa shape index (κ3) is 2.30. The molecule has 0 aliphatic rings. The second kappa shape index (κ2) is 5.14. The number of ketones is 1. The SMILES string of the molecule is CNCC(=O)c1cc(O)c(OC)c(C#N)c1. The highest BCUT2D eigenvalue weighted by Gasteiger charge is 2.14. The van der Waals surface area contributed by atoms with Gasteiger partial charge in [-0.15, -0.1) is 0 Å². The molecule has 0 saturated carbocycles. The maximum absolute atomic E-state index is 11.5. The molecule has 0 fully saturated rings. The maximum atomic E-state index is 11.5. The van der Waals surface area contributed by atoms with Crippen molar-refractivity contribution in [2.75, 3.05) is 20.7 Å². The minimum absolute atomic E-state index is 0.0866. The fraction of sp³-hybridized carbons (Fsp3) is 0.273. The molecular formula is C11H12N2O3. The predicted octanol–water partition coefficient (Wildman–Crippen LogP) is 0.675. The molecule has 5 heteroatoms. The second-order valence-electron chi connectivity index (χ2n) is 3.14. The summed E-state index contributed by atoms with van der Waals surface area (Å²) in [5.41, 5.74) is 0.422. The van der Waals surface area contributed by atoms with Crippen LogP contribution in [-0.4, -0.2) is 31.6 Å². The van der Waals surface area contributed by atoms with Crippen LogP contribution in [0.4, 0.5) is 0 Å². The molecule has 5 nitrogen and oxygen atoms in total. The number of benzene rings is 1. The third-order valence-electron chi connectivity index (χ3n) is 2.05. The molecule has 0 saturated heterocycles. The van der Waals surface area contributed by atoms with Crippen molar-refractivity contribution in [1.29, 1.82) is 5.26 Å². The molecule has 0 aliphatic heterocycles. The van der Waals surface area contributed by atoms with Gasteiger partial charge in [0, 0.05) is 5.56 Å². The van der Waals surface area contributed by atoms with Crippen LogP contribution < -0.4 is 10.1 Å². The molecule has 0 spiro atoms. The van der Waals surface area contributed by atoms with Crippen LogP contribution in [0.1, 0.15) is 15.9 Å². The number of likely N-dealkylation sites (N-methyl/N-ethyl adjacent to an activating group) is 1. The molecule has 0 heterocycles. The number of hydrogen-bond donors (Lipinski definition) is 2. The van der Waals surface area contributed by atoms with Gasteiger partial charge < -0.3 is 15.2 Å². The Morgan fingerprint density at radius 2 is 2.31 bits per heavy atom. The summed E-state index contributed by atoms with van der Waals surface area (Å²) < 4.78 is 4.86. The Morgan fingerprint density at radius 1 is 1.62 bits per heavy atom. The summed E-state index contributed by atoms with van der Waals surface area (Å²) >= 11 is 0. The van der Waals surface area contributed by atoms with Crippen LogP contribution in [0, 0.1) is 11.3 Å². The highest BCUT2D eigenvalue weighted by atomic mass is 16.5. The second-order valence-corrected chi connectivity index (χ2v) is 3.14. The van der Waals surface area contributed by atoms with E-state index in [1.807, 2.05) is 6.07 Å². The smallest absolute Gasteiger partial charge is 0.178 e. The van der Waals surface area contributed by atoms with Crippen molar-refractivity contribution in [3.8, 4) is 17.6 Å². The topological polar surface area (TPSA) is 82.3 Å². The van der Waals surface area contributed by atoms with E-state index in [2.05, 4.69) is 5.32 Å². The third-order valence-corrected chi connectivity index (χ3v) is 2.05. The summed E-state index contributed by atoms with van der Waals surface area (Å²) in [4.78, 5) is 11.5. The number of methoxy groups -OCH3 is 1. The first-order chi connectivity index (χ1) is 7.63. The van der Waals surface area contributed by atoms with E-state index in [9.17, 15) is 9.90 Å². The van der Waals surface area contributed by atoms with Gasteiger partial charge in [-0.1, -0.05) is 0 Å². The first-order valence-corrected chi connectivity index (χ1v) is 4.63. The van der Waals surface area contributed by atoms with Crippen LogP contribution in [0.25, 0.3) is 0 Å². The van der Waals surface area contributed by atoms with Crippen LogP contribution >= 0.6 is 0 Å². The van der Waals surface area contributed by atoms with Crippen LogP contribution in [0.2, 0.25) is 0 Å². The highest BCUT2D eigenvalue weighted by molar-refractivity contribution is 5.98. The maximum Gasteiger partial charge on any atom is 0.178 e. The summed E-state index contributed by atoms with van der Waals surface area (Å²) in [6.07, 6.45) is 0. The van der Waals surface area contributed by atoms with Crippen molar-refractivity contribution in [1.82, 2.24) is 5.32 Å². The van der Waals surface area contributed by atoms with Gasteiger partial charge in [0.25, 0.3) is 0 Å². The monoisotopic (exact) mass is 220 g/mol. The molecule has 0 aromatic heterocycles. The average molecular weight is 220 g/mol. The van der Waals surface area contributed by atoms with Gasteiger partial charge in [-0.05, 0) is 19.2 Å². The van der Waals surface area contributed by atoms with Crippen molar-refractivity contribution >= 4 is 5.78 Å². The predicted molar refractivity (Wildman–Crippen MR) is 57.6 cm³/mol. The van der Waals surface area contributed by atoms with Gasteiger partial charge >= 0.3 is 0 Å². The number of hydrogen-bond acceptors (Lipinski definition) is 5. The number of carbonyl (C=O) groups excluding carboxylic acids is 1. The Hall–Kier alpha value is -2.06. The van der Waals surface area contributed by atoms with Crippen molar-refractivity contribution in [2.45, 2.75) is 0 Å². The molecule has 1 aromatic carbocycles. The Bertz CT molecular complexity index is 449. The molecule has 84 valence electrons. The van der Waals surface area contributed by atoms with E-state index in [1.165, 1.54) is 19.2 Å². The van der Waals surface area contributed by atoms with Gasteiger partial charge in [-0.2, -0.15) is 5.26 Å². The molecule has 0 unspecified atom stereocenters. The zero-order chi connectivity index (χ0) is 12.1. The molecule has 1 aromatic rings. The summed E-state index contributed by atoms with van der Waals surface area (Å²) in [5.74, 6) is -0.318. The number of carbonyl (C=O) groups is 1. The molecule has 0 atom stereocenters. The number of nitriles is 1. The quantitative estimate of drug-likeness (QED) is 0.729. The lowest BCUT2D eigenvalue weighted by atomic mass is 10.1. The van der Waals surface area contributed by atoms with Gasteiger partial charge in [0.15, 0.2) is 17.3 Å². The van der Waals surface area contributed by atoms with Gasteiger partial charge in [-0.3, -0.25) is 4.79 Å². The van der Waals surface area contributed by atoms with Gasteiger partial charge in [-0.25, -0.2) is 0 Å². The standard InChI is InChI=1S/C11H12N2O3/c1-13-6-10(15)7-3-8(5-12)11(16-2)9(14)4-7/h3-4,13-14H,6H2,1-2H3. The van der Waals surface area contributed by atoms with E-state index >= 15 is 0 Å². The number of ether oxygens (including phenoxy) is 1. The molecule has 0 aliphatic carbocycles. The van der Waals surface area contributed by atoms with Crippen LogP contribution in [0.5, 0.6) is 11.5 Å². The van der Waals surface area contributed by atoms with Crippen LogP contribution in [-0.2, 0) is 0 Å². The average Bonchev–Trinajstić information content (AvgIpc) is 2.28. The van der Waals surface area contributed by atoms with E-state index in [1.54, 1.807) is 7.05 Å². The minimum atomic E-state index is -0.207. The lowest BCUT2D eigenvalue weighted by Gasteiger charge is -2.07. The van der Waals surface area contributed by atoms with Crippen molar-refractivity contribution in [3.05, 3.63) is 23.3 Å². The number of nitrogens with one attached hydrogen (secondary N) is 1. The van der Waals surface area contributed by atoms with E-state index < -0.39 is 0 Å². The lowest BCUT2D eigenvalue weighted by Crippen LogP contribution is -2.18. The van der Waals surface area contributed by atoms with Crippen molar-refractivity contribution in [3.63, 3.8) is 0 Å². The number of phenolic OH excluding ortho intramolecular Hbond substituents is 1. The Morgan fingerprint density at radius 3 is 2.81 bits per heavy atom. The molecule has 1 rings (SSSR count). The Balaban J connectivity index is 3.21. The molecular weight excluding hydrogens is 208 g/mol. The zero-order valence-electron chi connectivity index (χ0n) is 9.07. The Kier molecular flexibility index (Phi) is 3.86. The number of phenols is 1. The van der Waals surface area contributed by atoms with E-state index in [-0.39, 0.29) is 35.0 Å². The number of rotatable bonds is 4.